The summed E-state index contributed by atoms with van der Waals surface area (Å²) in [7, 11) is 0.764. The Hall–Kier alpha value is -2.59. The molecule has 0 bridgehead atoms. The zero-order chi connectivity index (χ0) is 26.4. The van der Waals surface area contributed by atoms with Crippen LogP contribution in [-0.2, 0) is 15.8 Å². The van der Waals surface area contributed by atoms with Gasteiger partial charge in [-0.3, -0.25) is 5.10 Å². The lowest BCUT2D eigenvalue weighted by Gasteiger charge is -2.46. The van der Waals surface area contributed by atoms with E-state index in [1.807, 2.05) is 46.0 Å². The Balaban J connectivity index is 1.35. The molecule has 2 atom stereocenters. The number of nitrogens with one attached hydrogen (secondary N) is 2. The number of thioether (sulfide) groups is 1. The molecule has 198 valence electrons. The zero-order valence-electron chi connectivity index (χ0n) is 21.8. The standard InChI is InChI=1S/C26H35N7O2S2/c1-25(2,3)37(35)31-21-9-6-10-26(21)11-13-33(14-12-26)24-29-23(27)22(19(16-34)32(24)4)36-20-8-5-7-18-17(20)15-28-30-18/h5,7-8,15,21,31H,6,9-14,27H2,1-4H3,(H,28,30)/t21-,37-/m1/s1. The fourth-order valence-corrected chi connectivity index (χ4v) is 7.67. The maximum atomic E-state index is 12.8. The van der Waals surface area contributed by atoms with Crippen molar-refractivity contribution in [3.8, 4) is 0 Å². The topological polar surface area (TPSA) is 120 Å². The summed E-state index contributed by atoms with van der Waals surface area (Å²) in [5.41, 5.74) is 7.90. The van der Waals surface area contributed by atoms with Crippen molar-refractivity contribution < 1.29 is 9.00 Å². The summed E-state index contributed by atoms with van der Waals surface area (Å²) in [5, 5.41) is 8.06. The van der Waals surface area contributed by atoms with E-state index in [1.54, 1.807) is 11.1 Å². The minimum atomic E-state index is -1.08. The summed E-state index contributed by atoms with van der Waals surface area (Å²) in [6, 6.07) is 6.13. The van der Waals surface area contributed by atoms with Crippen LogP contribution in [-0.4, -0.2) is 67.0 Å². The Morgan fingerprint density at radius 3 is 2.73 bits per heavy atom. The van der Waals surface area contributed by atoms with E-state index in [0.717, 1.165) is 61.0 Å². The fraction of sp³-hybridized carbons (Fsp3) is 0.538. The van der Waals surface area contributed by atoms with E-state index >= 15 is 0 Å². The van der Waals surface area contributed by atoms with Crippen molar-refractivity contribution in [2.24, 2.45) is 16.1 Å². The molecule has 2 aliphatic heterocycles. The number of benzene rings is 1. The number of H-pyrrole nitrogens is 1. The predicted molar refractivity (Wildman–Crippen MR) is 149 cm³/mol. The van der Waals surface area contributed by atoms with E-state index in [1.165, 1.54) is 11.8 Å². The number of nitrogens with two attached hydrogens (primary N) is 1. The second-order valence-corrected chi connectivity index (χ2v) is 14.2. The van der Waals surface area contributed by atoms with Crippen LogP contribution in [0, 0.1) is 5.41 Å². The number of aromatic amines is 1. The lowest BCUT2D eigenvalue weighted by atomic mass is 9.74. The Morgan fingerprint density at radius 2 is 2.03 bits per heavy atom. The summed E-state index contributed by atoms with van der Waals surface area (Å²) in [6.07, 6.45) is 7.08. The highest BCUT2D eigenvalue weighted by Gasteiger charge is 2.47. The summed E-state index contributed by atoms with van der Waals surface area (Å²) in [4.78, 5) is 22.5. The van der Waals surface area contributed by atoms with Crippen LogP contribution >= 0.6 is 11.8 Å². The van der Waals surface area contributed by atoms with Gasteiger partial charge in [-0.25, -0.2) is 13.7 Å². The van der Waals surface area contributed by atoms with Crippen molar-refractivity contribution in [2.45, 2.75) is 68.6 Å². The molecule has 1 aromatic carbocycles. The highest BCUT2D eigenvalue weighted by Crippen LogP contribution is 2.47. The largest absolute Gasteiger partial charge is 0.383 e. The van der Waals surface area contributed by atoms with Crippen molar-refractivity contribution in [1.29, 1.82) is 0 Å². The fourth-order valence-electron chi connectivity index (χ4n) is 5.62. The normalized spacial score (nSPS) is 23.1. The minimum Gasteiger partial charge on any atom is -0.383 e. The number of rotatable bonds is 4. The van der Waals surface area contributed by atoms with Crippen LogP contribution in [0.25, 0.3) is 10.9 Å². The second-order valence-electron chi connectivity index (χ2n) is 11.1. The van der Waals surface area contributed by atoms with E-state index < -0.39 is 11.0 Å². The Bertz CT molecular complexity index is 1330. The minimum absolute atomic E-state index is 0.139. The highest BCUT2D eigenvalue weighted by molar-refractivity contribution is 8.03. The molecule has 3 heterocycles. The van der Waals surface area contributed by atoms with Crippen molar-refractivity contribution >= 4 is 45.6 Å². The van der Waals surface area contributed by atoms with E-state index in [9.17, 15) is 9.00 Å². The molecule has 5 rings (SSSR count). The quantitative estimate of drug-likeness (QED) is 0.507. The molecule has 1 saturated heterocycles. The predicted octanol–water partition coefficient (Wildman–Crippen LogP) is 3.49. The van der Waals surface area contributed by atoms with Gasteiger partial charge < -0.3 is 15.5 Å². The van der Waals surface area contributed by atoms with Gasteiger partial charge in [-0.15, -0.1) is 0 Å². The molecule has 1 saturated carbocycles. The molecule has 4 N–H and O–H groups in total. The molecule has 11 heteroatoms. The van der Waals surface area contributed by atoms with Gasteiger partial charge in [0, 0.05) is 36.5 Å². The number of aliphatic imine (C=N–C) groups is 1. The number of nitrogens with zero attached hydrogens (tertiary/aromatic N) is 4. The van der Waals surface area contributed by atoms with Gasteiger partial charge in [0.25, 0.3) is 0 Å². The molecule has 0 amide bonds. The molecular formula is C26H35N7O2S2. The number of likely N-dealkylation sites (tertiary alicyclic amines) is 1. The molecule has 9 nitrogen and oxygen atoms in total. The molecule has 1 aliphatic carbocycles. The van der Waals surface area contributed by atoms with Gasteiger partial charge in [-0.2, -0.15) is 10.1 Å². The first-order chi connectivity index (χ1) is 17.6. The lowest BCUT2D eigenvalue weighted by molar-refractivity contribution is 0.123. The van der Waals surface area contributed by atoms with E-state index in [0.29, 0.717) is 22.4 Å². The van der Waals surface area contributed by atoms with Crippen LogP contribution in [0.2, 0.25) is 0 Å². The summed E-state index contributed by atoms with van der Waals surface area (Å²) in [5.74, 6) is 3.11. The third-order valence-corrected chi connectivity index (χ3v) is 10.6. The molecule has 3 aliphatic rings. The Kier molecular flexibility index (Phi) is 7.00. The van der Waals surface area contributed by atoms with Crippen LogP contribution in [0.3, 0.4) is 0 Å². The molecule has 37 heavy (non-hydrogen) atoms. The van der Waals surface area contributed by atoms with Crippen molar-refractivity contribution in [1.82, 2.24) is 24.7 Å². The first-order valence-electron chi connectivity index (χ1n) is 12.7. The number of piperidine rings is 1. The van der Waals surface area contributed by atoms with Gasteiger partial charge in [0.15, 0.2) is 5.94 Å². The van der Waals surface area contributed by atoms with Crippen molar-refractivity contribution in [3.05, 3.63) is 40.8 Å². The smallest absolute Gasteiger partial charge is 0.208 e. The van der Waals surface area contributed by atoms with Gasteiger partial charge in [0.1, 0.15) is 11.5 Å². The number of likely N-dealkylation sites (N-methyl/N-ethyl adjacent to an activating group) is 1. The van der Waals surface area contributed by atoms with Crippen LogP contribution in [0.5, 0.6) is 0 Å². The average Bonchev–Trinajstić information content (AvgIpc) is 3.49. The van der Waals surface area contributed by atoms with E-state index in [2.05, 4.69) is 25.8 Å². The number of aromatic nitrogens is 2. The van der Waals surface area contributed by atoms with Crippen molar-refractivity contribution in [3.63, 3.8) is 0 Å². The molecule has 0 unspecified atom stereocenters. The van der Waals surface area contributed by atoms with Crippen LogP contribution < -0.4 is 10.5 Å². The molecular weight excluding hydrogens is 506 g/mol. The summed E-state index contributed by atoms with van der Waals surface area (Å²) >= 11 is 1.41. The maximum absolute atomic E-state index is 12.8. The summed E-state index contributed by atoms with van der Waals surface area (Å²) in [6.45, 7) is 7.64. The Morgan fingerprint density at radius 1 is 1.27 bits per heavy atom. The average molecular weight is 542 g/mol. The first-order valence-corrected chi connectivity index (χ1v) is 14.7. The third kappa shape index (κ3) is 4.85. The first kappa shape index (κ1) is 26.0. The molecule has 1 aromatic heterocycles. The van der Waals surface area contributed by atoms with Gasteiger partial charge in [-0.1, -0.05) is 24.2 Å². The van der Waals surface area contributed by atoms with Gasteiger partial charge in [0.2, 0.25) is 5.96 Å². The van der Waals surface area contributed by atoms with Crippen LogP contribution in [0.15, 0.2) is 50.7 Å². The molecule has 0 radical (unpaired) electrons. The Labute approximate surface area is 224 Å². The third-order valence-electron chi connectivity index (χ3n) is 7.81. The van der Waals surface area contributed by atoms with Crippen LogP contribution in [0.4, 0.5) is 0 Å². The number of guanidine groups is 1. The summed E-state index contributed by atoms with van der Waals surface area (Å²) < 4.78 is 16.0. The maximum Gasteiger partial charge on any atom is 0.208 e. The number of fused-ring (bicyclic) bond motifs is 1. The SMILES string of the molecule is CN1C(=C=O)C(Sc2cccc3[nH]ncc23)=C(N)N=C1N1CCC2(CCC[C@H]2N[S@](=O)C(C)(C)C)CC1. The molecule has 2 fully saturated rings. The number of hydrogen-bond donors (Lipinski definition) is 3. The lowest BCUT2D eigenvalue weighted by Crippen LogP contribution is -2.54. The molecule has 2 aromatic rings. The molecule has 1 spiro atoms. The van der Waals surface area contributed by atoms with Crippen LogP contribution in [0.1, 0.15) is 52.9 Å². The zero-order valence-corrected chi connectivity index (χ0v) is 23.5. The number of carbonyl (C=O) groups excluding carboxylic acids is 1. The number of hydrogen-bond acceptors (Lipinski definition) is 8. The van der Waals surface area contributed by atoms with E-state index in [-0.39, 0.29) is 16.2 Å². The highest BCUT2D eigenvalue weighted by atomic mass is 32.2. The second kappa shape index (κ2) is 9.94. The van der Waals surface area contributed by atoms with Gasteiger partial charge in [0.05, 0.1) is 32.4 Å². The van der Waals surface area contributed by atoms with E-state index in [4.69, 9.17) is 10.7 Å². The van der Waals surface area contributed by atoms with Gasteiger partial charge >= 0.3 is 0 Å². The van der Waals surface area contributed by atoms with Gasteiger partial charge in [-0.05, 0) is 64.0 Å². The van der Waals surface area contributed by atoms with Crippen molar-refractivity contribution in [2.75, 3.05) is 20.1 Å². The monoisotopic (exact) mass is 541 g/mol.